The molecule has 0 bridgehead atoms. The highest BCUT2D eigenvalue weighted by Crippen LogP contribution is 2.27. The maximum atomic E-state index is 3.67. The number of rotatable bonds is 6. The zero-order chi connectivity index (χ0) is 15.2. The summed E-state index contributed by atoms with van der Waals surface area (Å²) in [6, 6.07) is 16.1. The molecule has 1 heteroatoms. The van der Waals surface area contributed by atoms with Crippen molar-refractivity contribution in [3.05, 3.63) is 70.3 Å². The molecule has 0 aliphatic heterocycles. The quantitative estimate of drug-likeness (QED) is 0.800. The van der Waals surface area contributed by atoms with Gasteiger partial charge in [-0.1, -0.05) is 68.8 Å². The monoisotopic (exact) mass is 281 g/mol. The summed E-state index contributed by atoms with van der Waals surface area (Å²) in [5, 5.41) is 3.67. The van der Waals surface area contributed by atoms with E-state index in [0.29, 0.717) is 0 Å². The average molecular weight is 281 g/mol. The van der Waals surface area contributed by atoms with Crippen molar-refractivity contribution in [3.63, 3.8) is 0 Å². The van der Waals surface area contributed by atoms with Crippen molar-refractivity contribution in [3.8, 4) is 0 Å². The van der Waals surface area contributed by atoms with Gasteiger partial charge < -0.3 is 5.32 Å². The molecule has 0 saturated carbocycles. The van der Waals surface area contributed by atoms with Crippen LogP contribution in [0.3, 0.4) is 0 Å². The normalized spacial score (nSPS) is 12.4. The van der Waals surface area contributed by atoms with Crippen LogP contribution in [-0.4, -0.2) is 6.54 Å². The molecule has 0 fully saturated rings. The molecule has 1 atom stereocenters. The molecule has 1 nitrogen and oxygen atoms in total. The van der Waals surface area contributed by atoms with E-state index in [2.05, 4.69) is 75.5 Å². The fourth-order valence-corrected chi connectivity index (χ4v) is 2.92. The number of hydrogen-bond donors (Lipinski definition) is 1. The average Bonchev–Trinajstić information content (AvgIpc) is 2.52. The van der Waals surface area contributed by atoms with Crippen LogP contribution >= 0.6 is 0 Å². The van der Waals surface area contributed by atoms with Crippen LogP contribution in [0.1, 0.15) is 54.6 Å². The molecule has 0 spiro atoms. The smallest absolute Gasteiger partial charge is 0.0579 e. The second-order valence-corrected chi connectivity index (χ2v) is 5.65. The van der Waals surface area contributed by atoms with E-state index in [9.17, 15) is 0 Å². The van der Waals surface area contributed by atoms with Crippen LogP contribution in [-0.2, 0) is 12.8 Å². The number of benzene rings is 2. The van der Waals surface area contributed by atoms with Gasteiger partial charge in [0.2, 0.25) is 0 Å². The number of hydrogen-bond acceptors (Lipinski definition) is 1. The Morgan fingerprint density at radius 1 is 0.952 bits per heavy atom. The summed E-state index contributed by atoms with van der Waals surface area (Å²) in [5.74, 6) is 0. The van der Waals surface area contributed by atoms with Crippen LogP contribution in [0, 0.1) is 6.92 Å². The molecule has 112 valence electrons. The minimum atomic E-state index is 0.288. The maximum Gasteiger partial charge on any atom is 0.0579 e. The van der Waals surface area contributed by atoms with E-state index in [1.54, 1.807) is 0 Å². The molecular weight excluding hydrogens is 254 g/mol. The third-order valence-corrected chi connectivity index (χ3v) is 4.09. The van der Waals surface area contributed by atoms with Crippen molar-refractivity contribution in [2.24, 2.45) is 0 Å². The van der Waals surface area contributed by atoms with E-state index in [0.717, 1.165) is 19.4 Å². The minimum Gasteiger partial charge on any atom is -0.307 e. The first-order chi connectivity index (χ1) is 10.2. The zero-order valence-corrected chi connectivity index (χ0v) is 13.7. The molecule has 2 aromatic rings. The lowest BCUT2D eigenvalue weighted by Gasteiger charge is -2.23. The van der Waals surface area contributed by atoms with Gasteiger partial charge in [-0.2, -0.15) is 0 Å². The van der Waals surface area contributed by atoms with Crippen LogP contribution in [0.2, 0.25) is 0 Å². The van der Waals surface area contributed by atoms with Gasteiger partial charge in [0.05, 0.1) is 6.04 Å². The Balaban J connectivity index is 2.51. The largest absolute Gasteiger partial charge is 0.307 e. The van der Waals surface area contributed by atoms with Crippen LogP contribution in [0.5, 0.6) is 0 Å². The second-order valence-electron chi connectivity index (χ2n) is 5.65. The first kappa shape index (κ1) is 15.8. The van der Waals surface area contributed by atoms with Gasteiger partial charge in [0, 0.05) is 0 Å². The molecule has 0 heterocycles. The van der Waals surface area contributed by atoms with Gasteiger partial charge in [-0.25, -0.2) is 0 Å². The van der Waals surface area contributed by atoms with Gasteiger partial charge in [0.25, 0.3) is 0 Å². The fourth-order valence-electron chi connectivity index (χ4n) is 2.92. The molecule has 0 aromatic heterocycles. The van der Waals surface area contributed by atoms with Crippen molar-refractivity contribution in [2.45, 2.75) is 46.6 Å². The summed E-state index contributed by atoms with van der Waals surface area (Å²) in [6.45, 7) is 9.77. The Kier molecular flexibility index (Phi) is 5.58. The molecule has 2 aromatic carbocycles. The molecule has 0 aliphatic rings. The lowest BCUT2D eigenvalue weighted by atomic mass is 9.90. The van der Waals surface area contributed by atoms with Crippen LogP contribution < -0.4 is 5.32 Å². The van der Waals surface area contributed by atoms with E-state index in [1.807, 2.05) is 0 Å². The predicted octanol–water partition coefficient (Wildman–Crippen LogP) is 4.82. The van der Waals surface area contributed by atoms with Crippen molar-refractivity contribution in [2.75, 3.05) is 6.54 Å². The van der Waals surface area contributed by atoms with Gasteiger partial charge in [-0.05, 0) is 48.6 Å². The van der Waals surface area contributed by atoms with E-state index in [4.69, 9.17) is 0 Å². The molecule has 0 saturated heterocycles. The highest BCUT2D eigenvalue weighted by atomic mass is 14.9. The molecule has 0 radical (unpaired) electrons. The second kappa shape index (κ2) is 7.42. The summed E-state index contributed by atoms with van der Waals surface area (Å²) in [7, 11) is 0. The van der Waals surface area contributed by atoms with Gasteiger partial charge in [-0.15, -0.1) is 0 Å². The van der Waals surface area contributed by atoms with Gasteiger partial charge >= 0.3 is 0 Å². The molecule has 21 heavy (non-hydrogen) atoms. The highest BCUT2D eigenvalue weighted by molar-refractivity contribution is 5.41. The van der Waals surface area contributed by atoms with Gasteiger partial charge in [-0.3, -0.25) is 0 Å². The lowest BCUT2D eigenvalue weighted by molar-refractivity contribution is 0.624. The van der Waals surface area contributed by atoms with Crippen molar-refractivity contribution in [1.82, 2.24) is 5.32 Å². The van der Waals surface area contributed by atoms with E-state index >= 15 is 0 Å². The van der Waals surface area contributed by atoms with Crippen molar-refractivity contribution < 1.29 is 0 Å². The summed E-state index contributed by atoms with van der Waals surface area (Å²) in [4.78, 5) is 0. The third-order valence-electron chi connectivity index (χ3n) is 4.09. The van der Waals surface area contributed by atoms with Crippen LogP contribution in [0.4, 0.5) is 0 Å². The lowest BCUT2D eigenvalue weighted by Crippen LogP contribution is -2.23. The molecule has 0 amide bonds. The summed E-state index contributed by atoms with van der Waals surface area (Å²) < 4.78 is 0. The van der Waals surface area contributed by atoms with E-state index in [-0.39, 0.29) is 6.04 Å². The SMILES string of the molecule is CCNC(c1cccc(C)c1)c1cc(CC)ccc1CC. The molecular formula is C20H27N. The zero-order valence-electron chi connectivity index (χ0n) is 13.7. The Labute approximate surface area is 129 Å². The molecule has 1 N–H and O–H groups in total. The Hall–Kier alpha value is -1.60. The van der Waals surface area contributed by atoms with Crippen molar-refractivity contribution in [1.29, 1.82) is 0 Å². The van der Waals surface area contributed by atoms with Gasteiger partial charge in [0.15, 0.2) is 0 Å². The molecule has 0 aliphatic carbocycles. The summed E-state index contributed by atoms with van der Waals surface area (Å²) in [5.41, 5.74) is 6.97. The fraction of sp³-hybridized carbons (Fsp3) is 0.400. The maximum absolute atomic E-state index is 3.67. The van der Waals surface area contributed by atoms with E-state index in [1.165, 1.54) is 27.8 Å². The molecule has 2 rings (SSSR count). The third kappa shape index (κ3) is 3.74. The Morgan fingerprint density at radius 2 is 1.76 bits per heavy atom. The number of aryl methyl sites for hydroxylation is 3. The van der Waals surface area contributed by atoms with Crippen LogP contribution in [0.25, 0.3) is 0 Å². The highest BCUT2D eigenvalue weighted by Gasteiger charge is 2.16. The predicted molar refractivity (Wildman–Crippen MR) is 91.9 cm³/mol. The first-order valence-corrected chi connectivity index (χ1v) is 8.11. The van der Waals surface area contributed by atoms with Crippen molar-refractivity contribution >= 4 is 0 Å². The summed E-state index contributed by atoms with van der Waals surface area (Å²) in [6.07, 6.45) is 2.16. The van der Waals surface area contributed by atoms with Crippen LogP contribution in [0.15, 0.2) is 42.5 Å². The topological polar surface area (TPSA) is 12.0 Å². The minimum absolute atomic E-state index is 0.288. The van der Waals surface area contributed by atoms with E-state index < -0.39 is 0 Å². The molecule has 1 unspecified atom stereocenters. The number of nitrogens with one attached hydrogen (secondary N) is 1. The Morgan fingerprint density at radius 3 is 2.38 bits per heavy atom. The Bertz CT molecular complexity index is 586. The van der Waals surface area contributed by atoms with Gasteiger partial charge in [0.1, 0.15) is 0 Å². The first-order valence-electron chi connectivity index (χ1n) is 8.11. The summed E-state index contributed by atoms with van der Waals surface area (Å²) >= 11 is 0. The standard InChI is InChI=1S/C20H27N/c1-5-16-11-12-17(6-2)19(14-16)20(21-7-3)18-10-8-9-15(4)13-18/h8-14,20-21H,5-7H2,1-4H3.